The van der Waals surface area contributed by atoms with Crippen LogP contribution in [0, 0.1) is 24.1 Å². The van der Waals surface area contributed by atoms with Crippen molar-refractivity contribution in [1.29, 1.82) is 5.26 Å². The minimum Gasteiger partial charge on any atom is -0.376 e. The molecule has 1 aliphatic heterocycles. The van der Waals surface area contributed by atoms with E-state index in [4.69, 9.17) is 16.9 Å². The summed E-state index contributed by atoms with van der Waals surface area (Å²) in [6, 6.07) is 8.37. The third kappa shape index (κ3) is 2.68. The van der Waals surface area contributed by atoms with Crippen LogP contribution in [0.25, 0.3) is 16.7 Å². The van der Waals surface area contributed by atoms with Gasteiger partial charge in [0.05, 0.1) is 16.1 Å². The average Bonchev–Trinajstić information content (AvgIpc) is 2.50. The molecule has 2 nitrogen and oxygen atoms in total. The van der Waals surface area contributed by atoms with E-state index < -0.39 is 5.82 Å². The number of nitriles is 1. The topological polar surface area (TPSA) is 35.8 Å². The van der Waals surface area contributed by atoms with E-state index in [0.717, 1.165) is 33.5 Å². The highest BCUT2D eigenvalue weighted by molar-refractivity contribution is 6.36. The summed E-state index contributed by atoms with van der Waals surface area (Å²) >= 11 is 6.70. The number of benzene rings is 2. The van der Waals surface area contributed by atoms with Gasteiger partial charge < -0.3 is 5.32 Å². The second-order valence-electron chi connectivity index (χ2n) is 6.79. The molecule has 2 aromatic carbocycles. The summed E-state index contributed by atoms with van der Waals surface area (Å²) in [5.74, 6) is -0.522. The van der Waals surface area contributed by atoms with Crippen LogP contribution in [0.3, 0.4) is 0 Å². The van der Waals surface area contributed by atoms with Gasteiger partial charge in [0.25, 0.3) is 0 Å². The molecule has 0 amide bonds. The number of anilines is 1. The lowest BCUT2D eigenvalue weighted by molar-refractivity contribution is 0.624. The van der Waals surface area contributed by atoms with Gasteiger partial charge in [0.2, 0.25) is 0 Å². The van der Waals surface area contributed by atoms with Gasteiger partial charge in [-0.25, -0.2) is 4.39 Å². The first-order valence-electron chi connectivity index (χ1n) is 7.74. The Hall–Kier alpha value is -2.31. The fourth-order valence-electron chi connectivity index (χ4n) is 3.29. The van der Waals surface area contributed by atoms with E-state index in [1.54, 1.807) is 12.1 Å². The lowest BCUT2D eigenvalue weighted by Crippen LogP contribution is -2.32. The van der Waals surface area contributed by atoms with Crippen LogP contribution in [0.5, 0.6) is 0 Å². The second-order valence-corrected chi connectivity index (χ2v) is 7.16. The molecule has 0 unspecified atom stereocenters. The normalized spacial score (nSPS) is 15.1. The molecule has 1 aliphatic rings. The third-order valence-electron chi connectivity index (χ3n) is 4.28. The van der Waals surface area contributed by atoms with E-state index in [2.05, 4.69) is 25.2 Å². The molecule has 0 aliphatic carbocycles. The maximum atomic E-state index is 13.6. The predicted molar refractivity (Wildman–Crippen MR) is 97.7 cm³/mol. The zero-order valence-electron chi connectivity index (χ0n) is 14.1. The number of rotatable bonds is 1. The van der Waals surface area contributed by atoms with Crippen molar-refractivity contribution < 1.29 is 4.39 Å². The van der Waals surface area contributed by atoms with Crippen molar-refractivity contribution in [2.45, 2.75) is 33.2 Å². The second kappa shape index (κ2) is 5.65. The maximum Gasteiger partial charge on any atom is 0.140 e. The van der Waals surface area contributed by atoms with Crippen molar-refractivity contribution in [1.82, 2.24) is 0 Å². The molecule has 2 aromatic rings. The van der Waals surface area contributed by atoms with Gasteiger partial charge >= 0.3 is 0 Å². The molecule has 122 valence electrons. The Labute approximate surface area is 146 Å². The van der Waals surface area contributed by atoms with Crippen LogP contribution in [0.1, 0.15) is 37.5 Å². The summed E-state index contributed by atoms with van der Waals surface area (Å²) in [7, 11) is 0. The Morgan fingerprint density at radius 2 is 1.92 bits per heavy atom. The lowest BCUT2D eigenvalue weighted by Gasteiger charge is -2.33. The van der Waals surface area contributed by atoms with E-state index in [-0.39, 0.29) is 11.1 Å². The molecule has 24 heavy (non-hydrogen) atoms. The molecule has 0 fully saturated rings. The quantitative estimate of drug-likeness (QED) is 0.698. The molecule has 0 saturated carbocycles. The van der Waals surface area contributed by atoms with Gasteiger partial charge in [-0.05, 0) is 62.6 Å². The standard InChI is InChI=1S/C20H18ClFN2/c1-11-7-15(13-5-6-16(22)14(8-13)10-23)18(21)17-12(2)9-20(3,4)24-19(11)17/h5-9,24H,1-4H3. The first-order valence-corrected chi connectivity index (χ1v) is 8.12. The molecule has 0 spiro atoms. The van der Waals surface area contributed by atoms with E-state index in [1.807, 2.05) is 26.0 Å². The third-order valence-corrected chi connectivity index (χ3v) is 4.67. The smallest absolute Gasteiger partial charge is 0.140 e. The fourth-order valence-corrected chi connectivity index (χ4v) is 3.69. The molecule has 0 atom stereocenters. The van der Waals surface area contributed by atoms with E-state index in [1.165, 1.54) is 6.07 Å². The number of nitrogens with one attached hydrogen (secondary N) is 1. The Bertz CT molecular complexity index is 920. The van der Waals surface area contributed by atoms with Crippen molar-refractivity contribution in [3.05, 3.63) is 57.9 Å². The summed E-state index contributed by atoms with van der Waals surface area (Å²) in [6.07, 6.45) is 2.15. The molecular weight excluding hydrogens is 323 g/mol. The SMILES string of the molecule is CC1=CC(C)(C)Nc2c(C)cc(-c3ccc(F)c(C#N)c3)c(Cl)c21. The lowest BCUT2D eigenvalue weighted by atomic mass is 9.87. The summed E-state index contributed by atoms with van der Waals surface area (Å²) in [4.78, 5) is 0. The first kappa shape index (κ1) is 16.5. The Morgan fingerprint density at radius 1 is 1.21 bits per heavy atom. The van der Waals surface area contributed by atoms with Gasteiger partial charge in [-0.2, -0.15) is 5.26 Å². The van der Waals surface area contributed by atoms with Crippen molar-refractivity contribution >= 4 is 22.9 Å². The number of halogens is 2. The zero-order chi connectivity index (χ0) is 17.6. The summed E-state index contributed by atoms with van der Waals surface area (Å²) < 4.78 is 13.6. The number of allylic oxidation sites excluding steroid dienone is 1. The van der Waals surface area contributed by atoms with Gasteiger partial charge in [0.15, 0.2) is 0 Å². The van der Waals surface area contributed by atoms with Gasteiger partial charge in [-0.15, -0.1) is 0 Å². The molecule has 3 rings (SSSR count). The highest BCUT2D eigenvalue weighted by Gasteiger charge is 2.27. The Kier molecular flexibility index (Phi) is 3.89. The van der Waals surface area contributed by atoms with E-state index in [0.29, 0.717) is 5.02 Å². The van der Waals surface area contributed by atoms with Crippen LogP contribution in [-0.4, -0.2) is 5.54 Å². The zero-order valence-corrected chi connectivity index (χ0v) is 14.8. The van der Waals surface area contributed by atoms with Gasteiger partial charge in [-0.3, -0.25) is 0 Å². The fraction of sp³-hybridized carbons (Fsp3) is 0.250. The predicted octanol–water partition coefficient (Wildman–Crippen LogP) is 5.93. The van der Waals surface area contributed by atoms with E-state index in [9.17, 15) is 4.39 Å². The monoisotopic (exact) mass is 340 g/mol. The van der Waals surface area contributed by atoms with Gasteiger partial charge in [0, 0.05) is 16.8 Å². The number of fused-ring (bicyclic) bond motifs is 1. The summed E-state index contributed by atoms with van der Waals surface area (Å²) in [5.41, 5.74) is 5.58. The van der Waals surface area contributed by atoms with Crippen molar-refractivity contribution in [2.24, 2.45) is 0 Å². The van der Waals surface area contributed by atoms with Crippen LogP contribution >= 0.6 is 11.6 Å². The summed E-state index contributed by atoms with van der Waals surface area (Å²) in [6.45, 7) is 8.29. The Morgan fingerprint density at radius 3 is 2.58 bits per heavy atom. The van der Waals surface area contributed by atoms with Gasteiger partial charge in [-0.1, -0.05) is 23.7 Å². The molecular formula is C20H18ClFN2. The van der Waals surface area contributed by atoms with Crippen molar-refractivity contribution in [3.63, 3.8) is 0 Å². The minimum atomic E-state index is -0.522. The summed E-state index contributed by atoms with van der Waals surface area (Å²) in [5, 5.41) is 13.2. The van der Waals surface area contributed by atoms with Crippen LogP contribution in [0.2, 0.25) is 5.02 Å². The molecule has 4 heteroatoms. The van der Waals surface area contributed by atoms with Crippen molar-refractivity contribution in [3.8, 4) is 17.2 Å². The van der Waals surface area contributed by atoms with Crippen LogP contribution in [-0.2, 0) is 0 Å². The van der Waals surface area contributed by atoms with Crippen LogP contribution < -0.4 is 5.32 Å². The van der Waals surface area contributed by atoms with Crippen molar-refractivity contribution in [2.75, 3.05) is 5.32 Å². The van der Waals surface area contributed by atoms with Crippen LogP contribution in [0.15, 0.2) is 30.3 Å². The average molecular weight is 341 g/mol. The number of hydrogen-bond acceptors (Lipinski definition) is 2. The van der Waals surface area contributed by atoms with Crippen LogP contribution in [0.4, 0.5) is 10.1 Å². The van der Waals surface area contributed by atoms with Gasteiger partial charge in [0.1, 0.15) is 11.9 Å². The highest BCUT2D eigenvalue weighted by atomic mass is 35.5. The molecule has 1 N–H and O–H groups in total. The number of hydrogen-bond donors (Lipinski definition) is 1. The molecule has 0 aromatic heterocycles. The molecule has 0 bridgehead atoms. The number of aryl methyl sites for hydroxylation is 1. The highest BCUT2D eigenvalue weighted by Crippen LogP contribution is 2.44. The maximum absolute atomic E-state index is 13.6. The van der Waals surface area contributed by atoms with E-state index >= 15 is 0 Å². The largest absolute Gasteiger partial charge is 0.376 e. The molecule has 0 radical (unpaired) electrons. The Balaban J connectivity index is 2.26. The molecule has 1 heterocycles. The number of nitrogens with zero attached hydrogens (tertiary/aromatic N) is 1. The minimum absolute atomic E-state index is 0.0189. The first-order chi connectivity index (χ1) is 11.2. The molecule has 0 saturated heterocycles.